The van der Waals surface area contributed by atoms with E-state index >= 15 is 0 Å². The summed E-state index contributed by atoms with van der Waals surface area (Å²) in [5.74, 6) is 0.293. The topological polar surface area (TPSA) is 80.0 Å². The summed E-state index contributed by atoms with van der Waals surface area (Å²) >= 11 is 0. The molecule has 8 heteroatoms. The Bertz CT molecular complexity index is 1020. The lowest BCUT2D eigenvalue weighted by Crippen LogP contribution is -2.38. The monoisotopic (exact) mass is 430 g/mol. The molecule has 0 saturated heterocycles. The maximum Gasteiger partial charge on any atom is 0.227 e. The number of rotatable bonds is 6. The van der Waals surface area contributed by atoms with Crippen molar-refractivity contribution in [2.75, 3.05) is 13.1 Å². The molecule has 2 aromatic carbocycles. The van der Waals surface area contributed by atoms with Crippen LogP contribution in [0.5, 0.6) is 0 Å². The van der Waals surface area contributed by atoms with E-state index in [0.717, 1.165) is 13.0 Å². The van der Waals surface area contributed by atoms with Crippen LogP contribution in [-0.2, 0) is 17.6 Å². The number of nitrogens with zero attached hydrogens (tertiary/aromatic N) is 2. The predicted octanol–water partition coefficient (Wildman–Crippen LogP) is 3.54. The minimum atomic E-state index is -0.314. The number of nitrogens with one attached hydrogen (secondary N) is 2. The second kappa shape index (κ2) is 9.82. The van der Waals surface area contributed by atoms with Crippen molar-refractivity contribution in [2.24, 2.45) is 0 Å². The summed E-state index contributed by atoms with van der Waals surface area (Å²) in [6, 6.07) is 13.2. The molecule has 0 spiro atoms. The summed E-state index contributed by atoms with van der Waals surface area (Å²) in [5, 5.41) is 10.3. The Hall–Kier alpha value is -2.77. The van der Waals surface area contributed by atoms with Crippen molar-refractivity contribution in [3.8, 4) is 11.4 Å². The summed E-state index contributed by atoms with van der Waals surface area (Å²) in [4.78, 5) is 16.5. The minimum absolute atomic E-state index is 0. The molecule has 158 valence electrons. The maximum atomic E-state index is 13.7. The van der Waals surface area contributed by atoms with Gasteiger partial charge in [0.15, 0.2) is 0 Å². The fourth-order valence-corrected chi connectivity index (χ4v) is 3.51. The number of hydrogen-bond donors (Lipinski definition) is 2. The lowest BCUT2D eigenvalue weighted by Gasteiger charge is -2.27. The smallest absolute Gasteiger partial charge is 0.227 e. The van der Waals surface area contributed by atoms with Crippen LogP contribution in [0.25, 0.3) is 11.4 Å². The summed E-state index contributed by atoms with van der Waals surface area (Å²) in [6.45, 7) is 3.14. The first-order valence-corrected chi connectivity index (χ1v) is 9.77. The second-order valence-corrected chi connectivity index (χ2v) is 7.24. The van der Waals surface area contributed by atoms with Gasteiger partial charge in [-0.15, -0.1) is 12.4 Å². The molecule has 0 radical (unpaired) electrons. The van der Waals surface area contributed by atoms with Gasteiger partial charge in [-0.25, -0.2) is 4.39 Å². The third-order valence-electron chi connectivity index (χ3n) is 5.18. The Kier molecular flexibility index (Phi) is 7.18. The molecule has 1 aromatic heterocycles. The van der Waals surface area contributed by atoms with E-state index in [1.165, 1.54) is 17.2 Å². The van der Waals surface area contributed by atoms with E-state index in [9.17, 15) is 9.18 Å². The molecule has 3 aromatic rings. The highest BCUT2D eigenvalue weighted by Gasteiger charge is 2.19. The van der Waals surface area contributed by atoms with E-state index < -0.39 is 0 Å². The number of amides is 1. The average Bonchev–Trinajstić information content (AvgIpc) is 3.22. The quantitative estimate of drug-likeness (QED) is 0.625. The van der Waals surface area contributed by atoms with Crippen molar-refractivity contribution >= 4 is 18.3 Å². The van der Waals surface area contributed by atoms with Gasteiger partial charge in [-0.2, -0.15) is 4.98 Å². The molecule has 2 N–H and O–H groups in total. The fourth-order valence-electron chi connectivity index (χ4n) is 3.51. The predicted molar refractivity (Wildman–Crippen MR) is 114 cm³/mol. The molecule has 0 bridgehead atoms. The van der Waals surface area contributed by atoms with Gasteiger partial charge in [0.1, 0.15) is 5.82 Å². The molecule has 0 aliphatic carbocycles. The van der Waals surface area contributed by atoms with E-state index in [1.54, 1.807) is 19.1 Å². The number of carbonyl (C=O) groups excluding carboxylic acids is 1. The third kappa shape index (κ3) is 5.04. The maximum absolute atomic E-state index is 13.7. The van der Waals surface area contributed by atoms with Gasteiger partial charge in [-0.05, 0) is 42.6 Å². The first-order chi connectivity index (χ1) is 14.1. The van der Waals surface area contributed by atoms with Crippen LogP contribution < -0.4 is 10.6 Å². The first-order valence-electron chi connectivity index (χ1n) is 9.77. The van der Waals surface area contributed by atoms with Crippen LogP contribution in [0.2, 0.25) is 0 Å². The number of halogens is 2. The number of hydrogen-bond acceptors (Lipinski definition) is 5. The van der Waals surface area contributed by atoms with E-state index in [0.29, 0.717) is 35.8 Å². The van der Waals surface area contributed by atoms with Crippen molar-refractivity contribution in [1.29, 1.82) is 0 Å². The number of carbonyl (C=O) groups is 1. The van der Waals surface area contributed by atoms with Crippen LogP contribution in [0.15, 0.2) is 47.0 Å². The van der Waals surface area contributed by atoms with Crippen LogP contribution in [0.1, 0.15) is 35.0 Å². The number of aryl methyl sites for hydroxylation is 2. The van der Waals surface area contributed by atoms with Crippen LogP contribution in [0.4, 0.5) is 4.39 Å². The molecule has 0 fully saturated rings. The van der Waals surface area contributed by atoms with Crippen molar-refractivity contribution < 1.29 is 13.7 Å². The van der Waals surface area contributed by atoms with E-state index in [1.807, 2.05) is 12.1 Å². The van der Waals surface area contributed by atoms with Crippen molar-refractivity contribution in [2.45, 2.75) is 32.2 Å². The van der Waals surface area contributed by atoms with Gasteiger partial charge in [0.25, 0.3) is 0 Å². The van der Waals surface area contributed by atoms with Crippen LogP contribution in [-0.4, -0.2) is 29.1 Å². The molecular weight excluding hydrogens is 407 g/mol. The fraction of sp³-hybridized carbons (Fsp3) is 0.318. The first kappa shape index (κ1) is 21.9. The standard InChI is InChI=1S/C22H23FN4O2.ClH/c1-14-6-7-16(12-18(14)23)22-26-21(29-27-22)9-8-20(28)25-13-19-17-5-3-2-4-15(17)10-11-24-19;/h2-7,12,19,24H,8-11,13H2,1H3,(H,25,28);1H. The Labute approximate surface area is 180 Å². The number of fused-ring (bicyclic) bond motifs is 1. The van der Waals surface area contributed by atoms with Crippen LogP contribution >= 0.6 is 12.4 Å². The molecule has 1 unspecified atom stereocenters. The summed E-state index contributed by atoms with van der Waals surface area (Å²) in [5.41, 5.74) is 3.68. The molecule has 0 saturated carbocycles. The Morgan fingerprint density at radius 3 is 2.97 bits per heavy atom. The zero-order valence-electron chi connectivity index (χ0n) is 16.7. The molecule has 1 atom stereocenters. The minimum Gasteiger partial charge on any atom is -0.354 e. The van der Waals surface area contributed by atoms with Gasteiger partial charge in [0.2, 0.25) is 17.6 Å². The Morgan fingerprint density at radius 2 is 2.13 bits per heavy atom. The molecule has 1 aliphatic heterocycles. The SMILES string of the molecule is Cc1ccc(-c2noc(CCC(=O)NCC3NCCc4ccccc43)n2)cc1F.Cl. The lowest BCUT2D eigenvalue weighted by atomic mass is 9.94. The number of aromatic nitrogens is 2. The second-order valence-electron chi connectivity index (χ2n) is 7.24. The summed E-state index contributed by atoms with van der Waals surface area (Å²) in [6.07, 6.45) is 1.59. The van der Waals surface area contributed by atoms with Gasteiger partial charge < -0.3 is 15.2 Å². The lowest BCUT2D eigenvalue weighted by molar-refractivity contribution is -0.121. The van der Waals surface area contributed by atoms with Gasteiger partial charge in [0, 0.05) is 31.0 Å². The van der Waals surface area contributed by atoms with Gasteiger partial charge >= 0.3 is 0 Å². The highest BCUT2D eigenvalue weighted by Crippen LogP contribution is 2.22. The largest absolute Gasteiger partial charge is 0.354 e. The number of benzene rings is 2. The summed E-state index contributed by atoms with van der Waals surface area (Å²) in [7, 11) is 0. The molecule has 6 nitrogen and oxygen atoms in total. The molecule has 1 aliphatic rings. The zero-order valence-corrected chi connectivity index (χ0v) is 17.5. The molecule has 1 amide bonds. The molecule has 2 heterocycles. The van der Waals surface area contributed by atoms with Crippen LogP contribution in [0.3, 0.4) is 0 Å². The molecular formula is C22H24ClFN4O2. The van der Waals surface area contributed by atoms with E-state index in [-0.39, 0.29) is 36.6 Å². The van der Waals surface area contributed by atoms with Gasteiger partial charge in [-0.3, -0.25) is 4.79 Å². The van der Waals surface area contributed by atoms with Gasteiger partial charge in [-0.1, -0.05) is 41.6 Å². The summed E-state index contributed by atoms with van der Waals surface area (Å²) < 4.78 is 18.9. The van der Waals surface area contributed by atoms with Gasteiger partial charge in [0.05, 0.1) is 0 Å². The molecule has 30 heavy (non-hydrogen) atoms. The van der Waals surface area contributed by atoms with E-state index in [4.69, 9.17) is 4.52 Å². The Morgan fingerprint density at radius 1 is 1.30 bits per heavy atom. The third-order valence-corrected chi connectivity index (χ3v) is 5.18. The normalized spacial score (nSPS) is 15.2. The van der Waals surface area contributed by atoms with Crippen LogP contribution in [0, 0.1) is 12.7 Å². The Balaban J connectivity index is 0.00000256. The van der Waals surface area contributed by atoms with Crippen molar-refractivity contribution in [3.63, 3.8) is 0 Å². The zero-order chi connectivity index (χ0) is 20.2. The van der Waals surface area contributed by atoms with E-state index in [2.05, 4.69) is 32.9 Å². The average molecular weight is 431 g/mol. The molecule has 4 rings (SSSR count). The van der Waals surface area contributed by atoms with Crippen molar-refractivity contribution in [3.05, 3.63) is 70.9 Å². The highest BCUT2D eigenvalue weighted by atomic mass is 35.5. The van der Waals surface area contributed by atoms with Crippen molar-refractivity contribution in [1.82, 2.24) is 20.8 Å². The highest BCUT2D eigenvalue weighted by molar-refractivity contribution is 5.85.